The zero-order chi connectivity index (χ0) is 19.2. The van der Waals surface area contributed by atoms with Crippen LogP contribution in [0.5, 0.6) is 17.2 Å². The molecule has 0 aliphatic carbocycles. The second-order valence-electron chi connectivity index (χ2n) is 5.61. The molecule has 6 heteroatoms. The molecule has 0 radical (unpaired) electrons. The number of carbonyl (C=O) groups excluding carboxylic acids is 1. The van der Waals surface area contributed by atoms with Crippen LogP contribution in [0.25, 0.3) is 6.08 Å². The predicted molar refractivity (Wildman–Crippen MR) is 102 cm³/mol. The Morgan fingerprint density at radius 2 is 1.70 bits per heavy atom. The lowest BCUT2D eigenvalue weighted by Gasteiger charge is -2.07. The number of ether oxygens (including phenoxy) is 4. The summed E-state index contributed by atoms with van der Waals surface area (Å²) in [5.41, 5.74) is 1.61. The van der Waals surface area contributed by atoms with E-state index < -0.39 is 5.97 Å². The fraction of sp³-hybridized carbons (Fsp3) is 0.143. The molecule has 2 aromatic carbocycles. The maximum absolute atomic E-state index is 12.2. The first-order valence-electron chi connectivity index (χ1n) is 8.22. The van der Waals surface area contributed by atoms with E-state index in [1.165, 1.54) is 0 Å². The van der Waals surface area contributed by atoms with Gasteiger partial charge >= 0.3 is 5.97 Å². The summed E-state index contributed by atoms with van der Waals surface area (Å²) in [4.78, 5) is 16.5. The lowest BCUT2D eigenvalue weighted by Crippen LogP contribution is -2.06. The topological polar surface area (TPSA) is 66.3 Å². The van der Waals surface area contributed by atoms with Crippen LogP contribution in [0, 0.1) is 0 Å². The highest BCUT2D eigenvalue weighted by Gasteiger charge is 2.25. The molecule has 138 valence electrons. The Balaban J connectivity index is 1.85. The van der Waals surface area contributed by atoms with E-state index in [0.29, 0.717) is 23.7 Å². The van der Waals surface area contributed by atoms with Gasteiger partial charge in [0, 0.05) is 11.6 Å². The molecular weight excluding hydrogens is 346 g/mol. The van der Waals surface area contributed by atoms with Gasteiger partial charge in [0.05, 0.1) is 14.2 Å². The summed E-state index contributed by atoms with van der Waals surface area (Å²) in [5, 5.41) is 0. The van der Waals surface area contributed by atoms with E-state index in [2.05, 4.69) is 11.6 Å². The van der Waals surface area contributed by atoms with E-state index in [0.717, 1.165) is 11.3 Å². The van der Waals surface area contributed by atoms with Gasteiger partial charge in [-0.15, -0.1) is 0 Å². The number of esters is 1. The van der Waals surface area contributed by atoms with Crippen LogP contribution in [0.1, 0.15) is 11.1 Å². The van der Waals surface area contributed by atoms with Crippen LogP contribution in [-0.2, 0) is 9.53 Å². The Labute approximate surface area is 157 Å². The van der Waals surface area contributed by atoms with Crippen molar-refractivity contribution >= 4 is 17.9 Å². The zero-order valence-corrected chi connectivity index (χ0v) is 15.1. The summed E-state index contributed by atoms with van der Waals surface area (Å²) >= 11 is 0. The zero-order valence-electron chi connectivity index (χ0n) is 15.1. The van der Waals surface area contributed by atoms with Crippen molar-refractivity contribution in [3.8, 4) is 17.2 Å². The average Bonchev–Trinajstić information content (AvgIpc) is 3.07. The molecule has 1 heterocycles. The number of rotatable bonds is 7. The van der Waals surface area contributed by atoms with E-state index in [1.54, 1.807) is 44.6 Å². The first-order chi connectivity index (χ1) is 13.1. The highest BCUT2D eigenvalue weighted by molar-refractivity contribution is 6.13. The van der Waals surface area contributed by atoms with E-state index in [4.69, 9.17) is 18.9 Å². The van der Waals surface area contributed by atoms with Gasteiger partial charge in [-0.25, -0.2) is 9.79 Å². The molecule has 0 saturated heterocycles. The Hall–Kier alpha value is -3.54. The van der Waals surface area contributed by atoms with Gasteiger partial charge in [-0.2, -0.15) is 0 Å². The van der Waals surface area contributed by atoms with Gasteiger partial charge < -0.3 is 18.9 Å². The third kappa shape index (κ3) is 4.36. The Bertz CT molecular complexity index is 890. The fourth-order valence-electron chi connectivity index (χ4n) is 2.44. The van der Waals surface area contributed by atoms with Crippen molar-refractivity contribution in [2.45, 2.75) is 0 Å². The minimum absolute atomic E-state index is 0.203. The summed E-state index contributed by atoms with van der Waals surface area (Å²) < 4.78 is 21.2. The number of aliphatic imine (C=N–C) groups is 1. The Morgan fingerprint density at radius 3 is 2.30 bits per heavy atom. The molecule has 2 aromatic rings. The Morgan fingerprint density at radius 1 is 1.04 bits per heavy atom. The lowest BCUT2D eigenvalue weighted by molar-refractivity contribution is -0.129. The second kappa shape index (κ2) is 8.23. The van der Waals surface area contributed by atoms with Crippen molar-refractivity contribution < 1.29 is 23.7 Å². The van der Waals surface area contributed by atoms with E-state index >= 15 is 0 Å². The number of cyclic esters (lactones) is 1. The maximum atomic E-state index is 12.2. The quantitative estimate of drug-likeness (QED) is 0.426. The number of methoxy groups -OCH3 is 2. The predicted octanol–water partition coefficient (Wildman–Crippen LogP) is 3.61. The van der Waals surface area contributed by atoms with Crippen molar-refractivity contribution in [2.24, 2.45) is 4.99 Å². The summed E-state index contributed by atoms with van der Waals surface area (Å²) in [7, 11) is 3.10. The van der Waals surface area contributed by atoms with Crippen LogP contribution >= 0.6 is 0 Å². The standard InChI is InChI=1S/C21H19NO5/c1-4-9-26-16-7-5-14(6-8-16)10-19-21(23)27-20(22-19)15-11-17(24-2)13-18(12-15)25-3/h4-8,10-13H,1,9H2,2-3H3/b19-10-. The van der Waals surface area contributed by atoms with Crippen LogP contribution in [0.2, 0.25) is 0 Å². The normalized spacial score (nSPS) is 14.5. The van der Waals surface area contributed by atoms with Gasteiger partial charge in [-0.1, -0.05) is 24.8 Å². The van der Waals surface area contributed by atoms with Crippen LogP contribution < -0.4 is 14.2 Å². The van der Waals surface area contributed by atoms with Gasteiger partial charge in [0.2, 0.25) is 5.90 Å². The highest BCUT2D eigenvalue weighted by atomic mass is 16.6. The van der Waals surface area contributed by atoms with E-state index in [1.807, 2.05) is 24.3 Å². The SMILES string of the molecule is C=CCOc1ccc(/C=C2\N=C(c3cc(OC)cc(OC)c3)OC2=O)cc1. The minimum atomic E-state index is -0.515. The van der Waals surface area contributed by atoms with Crippen molar-refractivity contribution in [3.63, 3.8) is 0 Å². The average molecular weight is 365 g/mol. The third-order valence-corrected chi connectivity index (χ3v) is 3.77. The molecule has 6 nitrogen and oxygen atoms in total. The molecular formula is C21H19NO5. The molecule has 0 fully saturated rings. The molecule has 0 N–H and O–H groups in total. The van der Waals surface area contributed by atoms with Crippen LogP contribution in [0.4, 0.5) is 0 Å². The van der Waals surface area contributed by atoms with E-state index in [9.17, 15) is 4.79 Å². The largest absolute Gasteiger partial charge is 0.497 e. The van der Waals surface area contributed by atoms with Crippen LogP contribution in [-0.4, -0.2) is 32.7 Å². The molecule has 0 spiro atoms. The van der Waals surface area contributed by atoms with Crippen LogP contribution in [0.15, 0.2) is 65.8 Å². The number of benzene rings is 2. The Kier molecular flexibility index (Phi) is 5.56. The molecule has 0 atom stereocenters. The number of hydrogen-bond donors (Lipinski definition) is 0. The van der Waals surface area contributed by atoms with Gasteiger partial charge in [-0.05, 0) is 35.9 Å². The summed E-state index contributed by atoms with van der Waals surface area (Å²) in [6.45, 7) is 4.04. The molecule has 0 aromatic heterocycles. The third-order valence-electron chi connectivity index (χ3n) is 3.77. The second-order valence-corrected chi connectivity index (χ2v) is 5.61. The fourth-order valence-corrected chi connectivity index (χ4v) is 2.44. The van der Waals surface area contributed by atoms with Crippen molar-refractivity contribution in [2.75, 3.05) is 20.8 Å². The van der Waals surface area contributed by atoms with Crippen molar-refractivity contribution in [1.29, 1.82) is 0 Å². The minimum Gasteiger partial charge on any atom is -0.497 e. The van der Waals surface area contributed by atoms with Crippen molar-refractivity contribution in [1.82, 2.24) is 0 Å². The van der Waals surface area contributed by atoms with Crippen molar-refractivity contribution in [3.05, 3.63) is 71.9 Å². The molecule has 1 aliphatic heterocycles. The molecule has 3 rings (SSSR count). The van der Waals surface area contributed by atoms with Gasteiger partial charge in [0.1, 0.15) is 23.9 Å². The molecule has 0 saturated carbocycles. The first kappa shape index (κ1) is 18.3. The van der Waals surface area contributed by atoms with Crippen LogP contribution in [0.3, 0.4) is 0 Å². The lowest BCUT2D eigenvalue weighted by atomic mass is 10.2. The highest BCUT2D eigenvalue weighted by Crippen LogP contribution is 2.26. The number of carbonyl (C=O) groups is 1. The number of hydrogen-bond acceptors (Lipinski definition) is 6. The first-order valence-corrected chi connectivity index (χ1v) is 8.22. The van der Waals surface area contributed by atoms with E-state index in [-0.39, 0.29) is 11.6 Å². The molecule has 0 unspecified atom stereocenters. The molecule has 0 bridgehead atoms. The van der Waals surface area contributed by atoms with Gasteiger partial charge in [0.25, 0.3) is 0 Å². The number of nitrogens with zero attached hydrogens (tertiary/aromatic N) is 1. The smallest absolute Gasteiger partial charge is 0.363 e. The van der Waals surface area contributed by atoms with Gasteiger partial charge in [0.15, 0.2) is 5.70 Å². The maximum Gasteiger partial charge on any atom is 0.363 e. The molecule has 1 aliphatic rings. The summed E-state index contributed by atoms with van der Waals surface area (Å²) in [6.07, 6.45) is 3.33. The summed E-state index contributed by atoms with van der Waals surface area (Å²) in [5.74, 6) is 1.57. The molecule has 27 heavy (non-hydrogen) atoms. The monoisotopic (exact) mass is 365 g/mol. The summed E-state index contributed by atoms with van der Waals surface area (Å²) in [6, 6.07) is 12.5. The van der Waals surface area contributed by atoms with Gasteiger partial charge in [-0.3, -0.25) is 0 Å². The molecule has 0 amide bonds.